The summed E-state index contributed by atoms with van der Waals surface area (Å²) >= 11 is 1.87. The summed E-state index contributed by atoms with van der Waals surface area (Å²) in [5.41, 5.74) is 2.18. The second-order valence-corrected chi connectivity index (χ2v) is 6.02. The zero-order valence-corrected chi connectivity index (χ0v) is 12.5. The van der Waals surface area contributed by atoms with Crippen molar-refractivity contribution >= 4 is 11.3 Å². The van der Waals surface area contributed by atoms with E-state index in [1.54, 1.807) is 12.1 Å². The molecular weight excluding hydrogens is 257 g/mol. The SMILES string of the molecule is CCc1ccc(CC(NC)c2ccc(F)cc2C)s1. The molecule has 102 valence electrons. The number of halogens is 1. The number of benzene rings is 1. The summed E-state index contributed by atoms with van der Waals surface area (Å²) in [5, 5.41) is 3.34. The van der Waals surface area contributed by atoms with Crippen molar-refractivity contribution in [1.29, 1.82) is 0 Å². The Labute approximate surface area is 118 Å². The van der Waals surface area contributed by atoms with Gasteiger partial charge in [0.15, 0.2) is 0 Å². The Morgan fingerprint density at radius 1 is 1.21 bits per heavy atom. The Hall–Kier alpha value is -1.19. The molecule has 2 rings (SSSR count). The molecule has 0 saturated carbocycles. The minimum Gasteiger partial charge on any atom is -0.313 e. The number of rotatable bonds is 5. The summed E-state index contributed by atoms with van der Waals surface area (Å²) in [6, 6.07) is 9.67. The van der Waals surface area contributed by atoms with Crippen LogP contribution in [0.15, 0.2) is 30.3 Å². The topological polar surface area (TPSA) is 12.0 Å². The molecule has 0 spiro atoms. The zero-order chi connectivity index (χ0) is 13.8. The third kappa shape index (κ3) is 3.43. The molecule has 1 nitrogen and oxygen atoms in total. The molecule has 2 aromatic rings. The van der Waals surface area contributed by atoms with Crippen LogP contribution in [-0.2, 0) is 12.8 Å². The fourth-order valence-electron chi connectivity index (χ4n) is 2.32. The van der Waals surface area contributed by atoms with Crippen LogP contribution in [0.5, 0.6) is 0 Å². The van der Waals surface area contributed by atoms with E-state index < -0.39 is 0 Å². The summed E-state index contributed by atoms with van der Waals surface area (Å²) in [5.74, 6) is -0.166. The number of nitrogens with one attached hydrogen (secondary N) is 1. The number of thiophene rings is 1. The van der Waals surface area contributed by atoms with Gasteiger partial charge >= 0.3 is 0 Å². The van der Waals surface area contributed by atoms with Gasteiger partial charge in [0.1, 0.15) is 5.82 Å². The second kappa shape index (κ2) is 6.31. The van der Waals surface area contributed by atoms with Crippen molar-refractivity contribution < 1.29 is 4.39 Å². The average Bonchev–Trinajstić information content (AvgIpc) is 2.84. The fraction of sp³-hybridized carbons (Fsp3) is 0.375. The predicted molar refractivity (Wildman–Crippen MR) is 80.3 cm³/mol. The third-order valence-corrected chi connectivity index (χ3v) is 4.68. The van der Waals surface area contributed by atoms with Crippen LogP contribution in [-0.4, -0.2) is 7.05 Å². The highest BCUT2D eigenvalue weighted by Gasteiger charge is 2.14. The molecule has 0 bridgehead atoms. The molecule has 0 aliphatic heterocycles. The van der Waals surface area contributed by atoms with Crippen molar-refractivity contribution in [3.63, 3.8) is 0 Å². The first-order valence-electron chi connectivity index (χ1n) is 6.65. The van der Waals surface area contributed by atoms with Crippen molar-refractivity contribution in [2.75, 3.05) is 7.05 Å². The van der Waals surface area contributed by atoms with Crippen LogP contribution in [0.1, 0.15) is 33.8 Å². The van der Waals surface area contributed by atoms with E-state index >= 15 is 0 Å². The van der Waals surface area contributed by atoms with E-state index in [2.05, 4.69) is 24.4 Å². The zero-order valence-electron chi connectivity index (χ0n) is 11.7. The van der Waals surface area contributed by atoms with Gasteiger partial charge in [-0.3, -0.25) is 0 Å². The van der Waals surface area contributed by atoms with Crippen LogP contribution < -0.4 is 5.32 Å². The largest absolute Gasteiger partial charge is 0.313 e. The van der Waals surface area contributed by atoms with Crippen LogP contribution in [0.4, 0.5) is 4.39 Å². The molecule has 1 N–H and O–H groups in total. The van der Waals surface area contributed by atoms with Gasteiger partial charge in [-0.15, -0.1) is 11.3 Å². The number of aryl methyl sites for hydroxylation is 2. The average molecular weight is 277 g/mol. The lowest BCUT2D eigenvalue weighted by atomic mass is 9.98. The quantitative estimate of drug-likeness (QED) is 0.861. The minimum atomic E-state index is -0.166. The van der Waals surface area contributed by atoms with Crippen molar-refractivity contribution in [3.8, 4) is 0 Å². The molecule has 1 unspecified atom stereocenters. The summed E-state index contributed by atoms with van der Waals surface area (Å²) in [6.07, 6.45) is 2.04. The van der Waals surface area contributed by atoms with Crippen molar-refractivity contribution in [2.45, 2.75) is 32.7 Å². The van der Waals surface area contributed by atoms with Gasteiger partial charge in [0.2, 0.25) is 0 Å². The molecule has 1 aromatic heterocycles. The number of hydrogen-bond donors (Lipinski definition) is 1. The van der Waals surface area contributed by atoms with E-state index in [-0.39, 0.29) is 11.9 Å². The highest BCUT2D eigenvalue weighted by molar-refractivity contribution is 7.11. The Morgan fingerprint density at radius 3 is 2.53 bits per heavy atom. The van der Waals surface area contributed by atoms with Crippen LogP contribution in [0.25, 0.3) is 0 Å². The van der Waals surface area contributed by atoms with E-state index in [0.717, 1.165) is 18.4 Å². The van der Waals surface area contributed by atoms with E-state index in [0.29, 0.717) is 0 Å². The molecule has 3 heteroatoms. The minimum absolute atomic E-state index is 0.166. The maximum atomic E-state index is 13.2. The molecule has 0 aliphatic rings. The van der Waals surface area contributed by atoms with Crippen LogP contribution in [0, 0.1) is 12.7 Å². The molecule has 1 atom stereocenters. The summed E-state index contributed by atoms with van der Waals surface area (Å²) in [6.45, 7) is 4.14. The maximum Gasteiger partial charge on any atom is 0.123 e. The molecule has 1 heterocycles. The van der Waals surface area contributed by atoms with E-state index in [9.17, 15) is 4.39 Å². The monoisotopic (exact) mass is 277 g/mol. The molecule has 0 saturated heterocycles. The first kappa shape index (κ1) is 14.2. The van der Waals surface area contributed by atoms with Crippen molar-refractivity contribution in [1.82, 2.24) is 5.32 Å². The van der Waals surface area contributed by atoms with Gasteiger partial charge < -0.3 is 5.32 Å². The molecular formula is C16H20FNS. The lowest BCUT2D eigenvalue weighted by molar-refractivity contribution is 0.585. The Kier molecular flexibility index (Phi) is 4.72. The highest BCUT2D eigenvalue weighted by Crippen LogP contribution is 2.26. The molecule has 0 aliphatic carbocycles. The number of likely N-dealkylation sites (N-methyl/N-ethyl adjacent to an activating group) is 1. The Balaban J connectivity index is 2.19. The Bertz CT molecular complexity index is 547. The second-order valence-electron chi connectivity index (χ2n) is 4.77. The molecule has 19 heavy (non-hydrogen) atoms. The van der Waals surface area contributed by atoms with Crippen LogP contribution >= 0.6 is 11.3 Å². The summed E-state index contributed by atoms with van der Waals surface area (Å²) < 4.78 is 13.2. The first-order chi connectivity index (χ1) is 9.13. The van der Waals surface area contributed by atoms with E-state index in [1.165, 1.54) is 15.3 Å². The molecule has 0 amide bonds. The summed E-state index contributed by atoms with van der Waals surface area (Å²) in [7, 11) is 1.96. The van der Waals surface area contributed by atoms with Crippen molar-refractivity contribution in [3.05, 3.63) is 57.0 Å². The van der Waals surface area contributed by atoms with Gasteiger partial charge in [0.05, 0.1) is 0 Å². The normalized spacial score (nSPS) is 12.6. The van der Waals surface area contributed by atoms with Crippen molar-refractivity contribution in [2.24, 2.45) is 0 Å². The first-order valence-corrected chi connectivity index (χ1v) is 7.46. The van der Waals surface area contributed by atoms with E-state index in [4.69, 9.17) is 0 Å². The standard InChI is InChI=1S/C16H20FNS/c1-4-13-6-7-14(19-13)10-16(18-3)15-8-5-12(17)9-11(15)2/h5-9,16,18H,4,10H2,1-3H3. The summed E-state index contributed by atoms with van der Waals surface area (Å²) in [4.78, 5) is 2.79. The smallest absolute Gasteiger partial charge is 0.123 e. The highest BCUT2D eigenvalue weighted by atomic mass is 32.1. The molecule has 1 aromatic carbocycles. The Morgan fingerprint density at radius 2 is 1.95 bits per heavy atom. The van der Waals surface area contributed by atoms with Gasteiger partial charge in [-0.25, -0.2) is 4.39 Å². The lowest BCUT2D eigenvalue weighted by Crippen LogP contribution is -2.19. The van der Waals surface area contributed by atoms with Gasteiger partial charge in [-0.1, -0.05) is 13.0 Å². The lowest BCUT2D eigenvalue weighted by Gasteiger charge is -2.18. The maximum absolute atomic E-state index is 13.2. The third-order valence-electron chi connectivity index (χ3n) is 3.43. The van der Waals surface area contributed by atoms with Gasteiger partial charge in [0.25, 0.3) is 0 Å². The van der Waals surface area contributed by atoms with Gasteiger partial charge in [-0.2, -0.15) is 0 Å². The fourth-order valence-corrected chi connectivity index (χ4v) is 3.32. The number of hydrogen-bond acceptors (Lipinski definition) is 2. The molecule has 0 fully saturated rings. The van der Waals surface area contributed by atoms with E-state index in [1.807, 2.05) is 31.4 Å². The molecule has 0 radical (unpaired) electrons. The van der Waals surface area contributed by atoms with Crippen LogP contribution in [0.2, 0.25) is 0 Å². The van der Waals surface area contributed by atoms with Gasteiger partial charge in [0, 0.05) is 22.2 Å². The van der Waals surface area contributed by atoms with Crippen LogP contribution in [0.3, 0.4) is 0 Å². The predicted octanol–water partition coefficient (Wildman–Crippen LogP) is 4.26. The van der Waals surface area contributed by atoms with Gasteiger partial charge in [-0.05, 0) is 55.8 Å².